The van der Waals surface area contributed by atoms with Gasteiger partial charge in [0.25, 0.3) is 0 Å². The number of fused-ring (bicyclic) bond motifs is 2. The zero-order valence-corrected chi connectivity index (χ0v) is 74.5. The van der Waals surface area contributed by atoms with Crippen molar-refractivity contribution in [3.63, 3.8) is 0 Å². The number of rotatable bonds is 18. The molecule has 24 rings (SSSR count). The Kier molecular flexibility index (Phi) is 25.7. The summed E-state index contributed by atoms with van der Waals surface area (Å²) >= 11 is 0. The van der Waals surface area contributed by atoms with Crippen LogP contribution in [0.5, 0.6) is 0 Å². The third-order valence-corrected chi connectivity index (χ3v) is 22.4. The molecule has 0 saturated carbocycles. The Morgan fingerprint density at radius 3 is 0.450 bits per heavy atom. The molecule has 0 atom stereocenters. The molecule has 140 heavy (non-hydrogen) atoms. The molecule has 0 amide bonds. The van der Waals surface area contributed by atoms with Crippen molar-refractivity contribution in [1.29, 1.82) is 0 Å². The lowest BCUT2D eigenvalue weighted by atomic mass is 9.85. The van der Waals surface area contributed by atoms with Crippen molar-refractivity contribution in [2.45, 2.75) is 0 Å². The maximum Gasteiger partial charge on any atom is 0.202 e. The van der Waals surface area contributed by atoms with E-state index in [4.69, 9.17) is 24.9 Å². The molecule has 25 nitrogen and oxygen atoms in total. The SMILES string of the molecule is c1ccc(-c2cc(-c3c4ccccc4c(-c4cc(-c5ccccn5)nc(-c5ccccn5)c4)c4ccccc34)cc(-c3ccccn3)n2)nc1.c1ccc(-c2cc(-c3ccc(-c4cc(-c5ccccn5)nc(-c5ccccn5)c4)cc3)cc(-c3ccccn3)n2)nc1.c1ccc(-c2cc(-c3ccccn3)nc(-c3ccccn3)c2)nc1.c1cnc(-c2nc(-c3ncccn3)nc(-c3ncccn3)n2)nc1. The zero-order chi connectivity index (χ0) is 93.8. The molecular formula is C115H75N25. The van der Waals surface area contributed by atoms with Crippen LogP contribution < -0.4 is 0 Å². The van der Waals surface area contributed by atoms with Gasteiger partial charge in [0.1, 0.15) is 0 Å². The molecule has 0 aliphatic carbocycles. The van der Waals surface area contributed by atoms with Crippen molar-refractivity contribution in [1.82, 2.24) is 125 Å². The average Bonchev–Trinajstić information content (AvgIpc) is 0.726. The Hall–Kier alpha value is -20.0. The Labute approximate surface area is 803 Å². The summed E-state index contributed by atoms with van der Waals surface area (Å²) in [5.41, 5.74) is 26.5. The van der Waals surface area contributed by atoms with Gasteiger partial charge in [0.05, 0.1) is 120 Å². The zero-order valence-electron chi connectivity index (χ0n) is 74.5. The van der Waals surface area contributed by atoms with Crippen LogP contribution in [0.15, 0.2) is 457 Å². The topological polar surface area (TPSA) is 322 Å². The second kappa shape index (κ2) is 41.5. The van der Waals surface area contributed by atoms with Crippen LogP contribution in [-0.4, -0.2) is 125 Å². The maximum absolute atomic E-state index is 5.06. The van der Waals surface area contributed by atoms with E-state index in [0.29, 0.717) is 34.9 Å². The normalized spacial score (nSPS) is 10.9. The molecule has 0 N–H and O–H groups in total. The lowest BCUT2D eigenvalue weighted by molar-refractivity contribution is 0.983. The first kappa shape index (κ1) is 86.7. The third-order valence-electron chi connectivity index (χ3n) is 22.4. The van der Waals surface area contributed by atoms with Gasteiger partial charge in [-0.2, -0.15) is 0 Å². The van der Waals surface area contributed by atoms with Crippen LogP contribution in [0.4, 0.5) is 0 Å². The Morgan fingerprint density at radius 1 is 0.100 bits per heavy atom. The molecule has 25 heteroatoms. The van der Waals surface area contributed by atoms with E-state index >= 15 is 0 Å². The number of benzene rings is 4. The van der Waals surface area contributed by atoms with E-state index < -0.39 is 0 Å². The molecule has 0 unspecified atom stereocenters. The molecule has 20 heterocycles. The highest BCUT2D eigenvalue weighted by Crippen LogP contribution is 2.47. The predicted octanol–water partition coefficient (Wildman–Crippen LogP) is 23.9. The molecule has 660 valence electrons. The molecule has 0 bridgehead atoms. The Balaban J connectivity index is 0.000000116. The molecule has 0 spiro atoms. The fourth-order valence-corrected chi connectivity index (χ4v) is 15.9. The summed E-state index contributed by atoms with van der Waals surface area (Å²) < 4.78 is 0. The predicted molar refractivity (Wildman–Crippen MR) is 544 cm³/mol. The van der Waals surface area contributed by atoms with E-state index in [1.54, 1.807) is 124 Å². The van der Waals surface area contributed by atoms with Gasteiger partial charge in [-0.25, -0.2) is 69.8 Å². The van der Waals surface area contributed by atoms with Crippen molar-refractivity contribution < 1.29 is 0 Å². The van der Waals surface area contributed by atoms with E-state index in [0.717, 1.165) is 191 Å². The average molecular weight is 1810 g/mol. The summed E-state index contributed by atoms with van der Waals surface area (Å²) in [6, 6.07) is 116. The van der Waals surface area contributed by atoms with Crippen LogP contribution in [0.2, 0.25) is 0 Å². The van der Waals surface area contributed by atoms with Gasteiger partial charge < -0.3 is 0 Å². The highest BCUT2D eigenvalue weighted by Gasteiger charge is 2.24. The summed E-state index contributed by atoms with van der Waals surface area (Å²) in [5, 5.41) is 4.51. The minimum absolute atomic E-state index is 0.301. The van der Waals surface area contributed by atoms with Crippen LogP contribution in [0.3, 0.4) is 0 Å². The molecule has 0 fully saturated rings. The van der Waals surface area contributed by atoms with Gasteiger partial charge in [-0.05, 0) is 278 Å². The van der Waals surface area contributed by atoms with E-state index in [1.807, 2.05) is 212 Å². The molecule has 20 aromatic heterocycles. The van der Waals surface area contributed by atoms with Crippen LogP contribution in [0.1, 0.15) is 0 Å². The summed E-state index contributed by atoms with van der Waals surface area (Å²) in [6.07, 6.45) is 29.4. The van der Waals surface area contributed by atoms with Gasteiger partial charge in [0.15, 0.2) is 17.5 Å². The first-order valence-electron chi connectivity index (χ1n) is 44.7. The summed E-state index contributed by atoms with van der Waals surface area (Å²) in [4.78, 5) is 113. The molecule has 0 radical (unpaired) electrons. The van der Waals surface area contributed by atoms with E-state index in [-0.39, 0.29) is 0 Å². The van der Waals surface area contributed by atoms with Crippen LogP contribution in [0, 0.1) is 0 Å². The third kappa shape index (κ3) is 20.0. The Bertz CT molecular complexity index is 7290. The second-order valence-electron chi connectivity index (χ2n) is 31.4. The van der Waals surface area contributed by atoms with E-state index in [2.05, 4.69) is 221 Å². The summed E-state index contributed by atoms with van der Waals surface area (Å²) in [5.74, 6) is 2.01. The monoisotopic (exact) mass is 1810 g/mol. The van der Waals surface area contributed by atoms with Crippen LogP contribution in [-0.2, 0) is 0 Å². The molecule has 0 aliphatic heterocycles. The smallest absolute Gasteiger partial charge is 0.202 e. The van der Waals surface area contributed by atoms with Crippen molar-refractivity contribution in [2.24, 2.45) is 0 Å². The van der Waals surface area contributed by atoms with Gasteiger partial charge in [-0.1, -0.05) is 140 Å². The number of aromatic nitrogens is 25. The standard InChI is InChI=1S/C44H28N6.C36H24N6.C20H14N4.C15H9N9/c1-2-14-32-31(13-1)43(29-25-39(35-17-5-9-21-45-35)49-40(26-29)36-18-6-10-22-46-36)33-15-3-4-16-34(33)44(32)30-27-41(37-19-7-11-23-47-37)50-42(28-30)38-20-8-12-24-48-38;1-5-17-37-29(9-1)33-21-27(22-34(41-33)30-10-2-6-18-38-30)25-13-15-26(16-14-25)28-23-35(31-11-3-7-19-39-31)42-36(24-28)32-12-4-8-20-40-32;1-4-10-21-16(7-1)15-13-19(17-8-2-5-11-22-17)24-20(14-15)18-9-3-6-12-23-18;1-4-16-10(17-5-1)13-22-14(11-18-6-2-7-19-11)24-15(23-13)12-20-8-3-9-21-12/h1-28H;1-24H;1-14H;1-9H. The lowest BCUT2D eigenvalue weighted by Crippen LogP contribution is -2.05. The molecule has 0 aliphatic rings. The number of hydrogen-bond donors (Lipinski definition) is 0. The van der Waals surface area contributed by atoms with Crippen molar-refractivity contribution in [3.8, 4) is 205 Å². The fraction of sp³-hybridized carbons (Fsp3) is 0. The van der Waals surface area contributed by atoms with Crippen LogP contribution >= 0.6 is 0 Å². The first-order chi connectivity index (χ1) is 69.4. The maximum atomic E-state index is 5.06. The van der Waals surface area contributed by atoms with Gasteiger partial charge in [0.2, 0.25) is 17.5 Å². The minimum Gasteiger partial charge on any atom is -0.256 e. The first-order valence-corrected chi connectivity index (χ1v) is 44.7. The van der Waals surface area contributed by atoms with E-state index in [9.17, 15) is 0 Å². The van der Waals surface area contributed by atoms with Gasteiger partial charge in [-0.15, -0.1) is 0 Å². The largest absolute Gasteiger partial charge is 0.256 e. The quantitative estimate of drug-likeness (QED) is 0.0720. The molecule has 24 aromatic rings. The lowest BCUT2D eigenvalue weighted by Gasteiger charge is -2.19. The second-order valence-corrected chi connectivity index (χ2v) is 31.4. The minimum atomic E-state index is 0.301. The van der Waals surface area contributed by atoms with Crippen molar-refractivity contribution in [2.75, 3.05) is 0 Å². The Morgan fingerprint density at radius 2 is 0.264 bits per heavy atom. The highest BCUT2D eigenvalue weighted by atomic mass is 15.1. The van der Waals surface area contributed by atoms with Gasteiger partial charge in [-0.3, -0.25) is 54.8 Å². The van der Waals surface area contributed by atoms with Gasteiger partial charge in [0, 0.05) is 111 Å². The molecule has 4 aromatic carbocycles. The summed E-state index contributed by atoms with van der Waals surface area (Å²) in [7, 11) is 0. The van der Waals surface area contributed by atoms with Gasteiger partial charge >= 0.3 is 0 Å². The van der Waals surface area contributed by atoms with Crippen molar-refractivity contribution in [3.05, 3.63) is 457 Å². The fourth-order valence-electron chi connectivity index (χ4n) is 15.9. The van der Waals surface area contributed by atoms with E-state index in [1.165, 1.54) is 0 Å². The number of pyridine rings is 16. The molecule has 0 saturated heterocycles. The van der Waals surface area contributed by atoms with Crippen LogP contribution in [0.25, 0.3) is 226 Å². The number of nitrogens with zero attached hydrogens (tertiary/aromatic N) is 25. The molecular weight excluding hydrogens is 1730 g/mol. The number of hydrogen-bond acceptors (Lipinski definition) is 25. The highest BCUT2D eigenvalue weighted by molar-refractivity contribution is 6.22. The van der Waals surface area contributed by atoms with Crippen molar-refractivity contribution >= 4 is 21.5 Å². The summed E-state index contributed by atoms with van der Waals surface area (Å²) in [6.45, 7) is 0.